The number of carbonyl (C=O) groups is 1. The van der Waals surface area contributed by atoms with E-state index in [1.807, 2.05) is 0 Å². The van der Waals surface area contributed by atoms with Crippen molar-refractivity contribution in [2.24, 2.45) is 0 Å². The van der Waals surface area contributed by atoms with E-state index in [-0.39, 0.29) is 5.91 Å². The molecule has 0 bridgehead atoms. The van der Waals surface area contributed by atoms with Crippen molar-refractivity contribution in [2.75, 3.05) is 12.8 Å². The van der Waals surface area contributed by atoms with Gasteiger partial charge in [-0.15, -0.1) is 0 Å². The van der Waals surface area contributed by atoms with Crippen LogP contribution in [-0.2, 0) is 0 Å². The monoisotopic (exact) mass is 234 g/mol. The summed E-state index contributed by atoms with van der Waals surface area (Å²) < 4.78 is 5.17. The Hall–Kier alpha value is -1.71. The van der Waals surface area contributed by atoms with Crippen molar-refractivity contribution in [2.45, 2.75) is 31.7 Å². The van der Waals surface area contributed by atoms with E-state index in [1.165, 1.54) is 12.8 Å². The van der Waals surface area contributed by atoms with Crippen molar-refractivity contribution >= 4 is 11.6 Å². The first-order valence-corrected chi connectivity index (χ1v) is 5.95. The Kier molecular flexibility index (Phi) is 3.52. The summed E-state index contributed by atoms with van der Waals surface area (Å²) in [5.74, 6) is 0.468. The van der Waals surface area contributed by atoms with E-state index < -0.39 is 0 Å². The number of ether oxygens (including phenoxy) is 1. The van der Waals surface area contributed by atoms with Gasteiger partial charge in [0.25, 0.3) is 5.91 Å². The third-order valence-corrected chi connectivity index (χ3v) is 3.16. The van der Waals surface area contributed by atoms with Crippen molar-refractivity contribution < 1.29 is 9.53 Å². The molecule has 3 N–H and O–H groups in total. The number of anilines is 1. The quantitative estimate of drug-likeness (QED) is 0.786. The minimum absolute atomic E-state index is 0.0962. The molecule has 4 nitrogen and oxygen atoms in total. The van der Waals surface area contributed by atoms with Crippen LogP contribution in [0.2, 0.25) is 0 Å². The van der Waals surface area contributed by atoms with Crippen molar-refractivity contribution in [1.82, 2.24) is 5.32 Å². The van der Waals surface area contributed by atoms with Crippen LogP contribution in [0.3, 0.4) is 0 Å². The zero-order chi connectivity index (χ0) is 12.3. The van der Waals surface area contributed by atoms with Crippen LogP contribution in [0.4, 0.5) is 5.69 Å². The fraction of sp³-hybridized carbons (Fsp3) is 0.462. The molecule has 0 unspecified atom stereocenters. The van der Waals surface area contributed by atoms with Crippen molar-refractivity contribution in [3.8, 4) is 5.75 Å². The zero-order valence-corrected chi connectivity index (χ0v) is 10.0. The maximum absolute atomic E-state index is 12.1. The van der Waals surface area contributed by atoms with Gasteiger partial charge in [-0.25, -0.2) is 0 Å². The summed E-state index contributed by atoms with van der Waals surface area (Å²) in [6.07, 6.45) is 4.52. The second-order valence-corrected chi connectivity index (χ2v) is 4.41. The topological polar surface area (TPSA) is 64.3 Å². The molecule has 0 spiro atoms. The van der Waals surface area contributed by atoms with Gasteiger partial charge in [0.15, 0.2) is 0 Å². The Morgan fingerprint density at radius 3 is 2.76 bits per heavy atom. The third-order valence-electron chi connectivity index (χ3n) is 3.16. The molecule has 0 radical (unpaired) electrons. The molecule has 1 aliphatic rings. The average molecular weight is 234 g/mol. The van der Waals surface area contributed by atoms with Crippen LogP contribution in [0.25, 0.3) is 0 Å². The second-order valence-electron chi connectivity index (χ2n) is 4.41. The fourth-order valence-electron chi connectivity index (χ4n) is 2.24. The molecule has 1 saturated carbocycles. The van der Waals surface area contributed by atoms with Gasteiger partial charge >= 0.3 is 0 Å². The van der Waals surface area contributed by atoms with Crippen LogP contribution in [0, 0.1) is 0 Å². The Bertz CT molecular complexity index is 412. The summed E-state index contributed by atoms with van der Waals surface area (Å²) in [6, 6.07) is 5.40. The van der Waals surface area contributed by atoms with Crippen LogP contribution in [0.15, 0.2) is 18.2 Å². The smallest absolute Gasteiger partial charge is 0.255 e. The van der Waals surface area contributed by atoms with Gasteiger partial charge in [-0.2, -0.15) is 0 Å². The summed E-state index contributed by atoms with van der Waals surface area (Å²) in [4.78, 5) is 12.1. The van der Waals surface area contributed by atoms with Crippen LogP contribution in [-0.4, -0.2) is 19.1 Å². The molecular formula is C13H18N2O2. The molecular weight excluding hydrogens is 216 g/mol. The third kappa shape index (κ3) is 2.70. The van der Waals surface area contributed by atoms with E-state index >= 15 is 0 Å². The number of hydrogen-bond acceptors (Lipinski definition) is 3. The highest BCUT2D eigenvalue weighted by atomic mass is 16.5. The summed E-state index contributed by atoms with van der Waals surface area (Å²) >= 11 is 0. The van der Waals surface area contributed by atoms with Crippen LogP contribution in [0.5, 0.6) is 5.75 Å². The summed E-state index contributed by atoms with van der Waals surface area (Å²) in [5, 5.41) is 3.02. The minimum Gasteiger partial charge on any atom is -0.496 e. The van der Waals surface area contributed by atoms with Crippen LogP contribution < -0.4 is 15.8 Å². The zero-order valence-electron chi connectivity index (χ0n) is 10.0. The first-order chi connectivity index (χ1) is 8.20. The summed E-state index contributed by atoms with van der Waals surface area (Å²) in [5.41, 5.74) is 6.78. The molecule has 1 aliphatic carbocycles. The molecule has 1 fully saturated rings. The standard InChI is InChI=1S/C13H18N2O2/c1-17-12-7-6-9(14)8-11(12)13(16)15-10-4-2-3-5-10/h6-8,10H,2-5,14H2,1H3,(H,15,16). The minimum atomic E-state index is -0.0962. The Morgan fingerprint density at radius 1 is 1.41 bits per heavy atom. The summed E-state index contributed by atoms with van der Waals surface area (Å²) in [6.45, 7) is 0. The highest BCUT2D eigenvalue weighted by Gasteiger charge is 2.20. The van der Waals surface area contributed by atoms with Gasteiger partial charge in [0.2, 0.25) is 0 Å². The highest BCUT2D eigenvalue weighted by molar-refractivity contribution is 5.98. The fourth-order valence-corrected chi connectivity index (χ4v) is 2.24. The van der Waals surface area contributed by atoms with Gasteiger partial charge in [0, 0.05) is 11.7 Å². The molecule has 0 atom stereocenters. The largest absolute Gasteiger partial charge is 0.496 e. The van der Waals surface area contributed by atoms with Gasteiger partial charge in [-0.05, 0) is 31.0 Å². The number of nitrogens with two attached hydrogens (primary N) is 1. The number of nitrogens with one attached hydrogen (secondary N) is 1. The number of hydrogen-bond donors (Lipinski definition) is 2. The molecule has 4 heteroatoms. The Balaban J connectivity index is 2.14. The average Bonchev–Trinajstić information content (AvgIpc) is 2.81. The number of amides is 1. The number of benzene rings is 1. The Labute approximate surface area is 101 Å². The number of rotatable bonds is 3. The van der Waals surface area contributed by atoms with Crippen molar-refractivity contribution in [3.63, 3.8) is 0 Å². The maximum Gasteiger partial charge on any atom is 0.255 e. The first-order valence-electron chi connectivity index (χ1n) is 5.95. The van der Waals surface area contributed by atoms with E-state index in [4.69, 9.17) is 10.5 Å². The van der Waals surface area contributed by atoms with Gasteiger partial charge in [-0.1, -0.05) is 12.8 Å². The normalized spacial score (nSPS) is 15.8. The van der Waals surface area contributed by atoms with Crippen LogP contribution in [0.1, 0.15) is 36.0 Å². The number of nitrogen functional groups attached to an aromatic ring is 1. The predicted octanol–water partition coefficient (Wildman–Crippen LogP) is 1.95. The predicted molar refractivity (Wildman–Crippen MR) is 67.1 cm³/mol. The SMILES string of the molecule is COc1ccc(N)cc1C(=O)NC1CCCC1. The molecule has 0 aromatic heterocycles. The van der Waals surface area contributed by atoms with E-state index in [0.29, 0.717) is 23.0 Å². The van der Waals surface area contributed by atoms with Gasteiger partial charge in [-0.3, -0.25) is 4.79 Å². The first kappa shape index (κ1) is 11.8. The second kappa shape index (κ2) is 5.08. The number of methoxy groups -OCH3 is 1. The molecule has 92 valence electrons. The molecule has 17 heavy (non-hydrogen) atoms. The van der Waals surface area contributed by atoms with Gasteiger partial charge in [0.05, 0.1) is 12.7 Å². The molecule has 1 aromatic carbocycles. The lowest BCUT2D eigenvalue weighted by Gasteiger charge is -2.14. The molecule has 0 saturated heterocycles. The van der Waals surface area contributed by atoms with E-state index in [2.05, 4.69) is 5.32 Å². The van der Waals surface area contributed by atoms with Gasteiger partial charge in [0.1, 0.15) is 5.75 Å². The van der Waals surface area contributed by atoms with E-state index in [9.17, 15) is 4.79 Å². The molecule has 2 rings (SSSR count). The lowest BCUT2D eigenvalue weighted by Crippen LogP contribution is -2.32. The van der Waals surface area contributed by atoms with Crippen LogP contribution >= 0.6 is 0 Å². The maximum atomic E-state index is 12.1. The molecule has 1 aromatic rings. The molecule has 0 heterocycles. The van der Waals surface area contributed by atoms with E-state index in [0.717, 1.165) is 12.8 Å². The highest BCUT2D eigenvalue weighted by Crippen LogP contribution is 2.23. The summed E-state index contributed by atoms with van der Waals surface area (Å²) in [7, 11) is 1.55. The Morgan fingerprint density at radius 2 is 2.12 bits per heavy atom. The lowest BCUT2D eigenvalue weighted by molar-refractivity contribution is 0.0935. The van der Waals surface area contributed by atoms with E-state index in [1.54, 1.807) is 25.3 Å². The number of carbonyl (C=O) groups excluding carboxylic acids is 1. The molecule has 1 amide bonds. The van der Waals surface area contributed by atoms with Crippen molar-refractivity contribution in [1.29, 1.82) is 0 Å². The van der Waals surface area contributed by atoms with Crippen molar-refractivity contribution in [3.05, 3.63) is 23.8 Å². The van der Waals surface area contributed by atoms with Gasteiger partial charge < -0.3 is 15.8 Å². The molecule has 0 aliphatic heterocycles. The lowest BCUT2D eigenvalue weighted by atomic mass is 10.1.